The predicted octanol–water partition coefficient (Wildman–Crippen LogP) is 4.38. The fraction of sp³-hybridized carbons (Fsp3) is 0.500. The maximum Gasteiger partial charge on any atom is 0.132 e. The first-order valence-corrected chi connectivity index (χ1v) is 7.74. The van der Waals surface area contributed by atoms with E-state index in [-0.39, 0.29) is 5.54 Å². The lowest BCUT2D eigenvalue weighted by Gasteiger charge is -2.25. The summed E-state index contributed by atoms with van der Waals surface area (Å²) < 4.78 is 2.23. The van der Waals surface area contributed by atoms with Gasteiger partial charge in [0.25, 0.3) is 0 Å². The Labute approximate surface area is 127 Å². The van der Waals surface area contributed by atoms with E-state index in [4.69, 9.17) is 10.7 Å². The minimum atomic E-state index is -0.0356. The zero-order valence-corrected chi connectivity index (χ0v) is 13.7. The fourth-order valence-electron chi connectivity index (χ4n) is 3.10. The number of aromatic nitrogens is 2. The Morgan fingerprint density at radius 3 is 2.14 bits per heavy atom. The molecule has 112 valence electrons. The van der Waals surface area contributed by atoms with Crippen molar-refractivity contribution < 1.29 is 0 Å². The van der Waals surface area contributed by atoms with E-state index >= 15 is 0 Å². The van der Waals surface area contributed by atoms with E-state index in [0.717, 1.165) is 22.9 Å². The number of rotatable bonds is 2. The summed E-state index contributed by atoms with van der Waals surface area (Å²) in [4.78, 5) is 4.93. The molecule has 1 aromatic heterocycles. The zero-order valence-electron chi connectivity index (χ0n) is 13.7. The molecular weight excluding hydrogens is 258 g/mol. The SMILES string of the molecule is Cc1cc(C)cc(-c2nc(C3CC3)n(C(C)(C)C)c2N)c1. The van der Waals surface area contributed by atoms with Crippen molar-refractivity contribution in [3.05, 3.63) is 35.2 Å². The number of hydrogen-bond acceptors (Lipinski definition) is 2. The zero-order chi connectivity index (χ0) is 15.4. The number of nitrogens with zero attached hydrogens (tertiary/aromatic N) is 2. The molecule has 3 rings (SSSR count). The van der Waals surface area contributed by atoms with Crippen LogP contribution in [0.4, 0.5) is 5.82 Å². The lowest BCUT2D eigenvalue weighted by molar-refractivity contribution is 0.388. The van der Waals surface area contributed by atoms with E-state index in [9.17, 15) is 0 Å². The van der Waals surface area contributed by atoms with Gasteiger partial charge in [-0.1, -0.05) is 17.2 Å². The standard InChI is InChI=1S/C18H25N3/c1-11-8-12(2)10-14(9-11)15-16(19)21(18(3,4)5)17(20-15)13-6-7-13/h8-10,13H,6-7,19H2,1-5H3. The molecule has 0 spiro atoms. The number of hydrogen-bond donors (Lipinski definition) is 1. The Hall–Kier alpha value is -1.77. The van der Waals surface area contributed by atoms with E-state index in [1.165, 1.54) is 24.0 Å². The highest BCUT2D eigenvalue weighted by Gasteiger charge is 2.34. The number of nitrogens with two attached hydrogens (primary N) is 1. The third-order valence-corrected chi connectivity index (χ3v) is 4.05. The largest absolute Gasteiger partial charge is 0.383 e. The molecule has 0 saturated heterocycles. The van der Waals surface area contributed by atoms with E-state index < -0.39 is 0 Å². The van der Waals surface area contributed by atoms with Crippen LogP contribution in [0.3, 0.4) is 0 Å². The van der Waals surface area contributed by atoms with Crippen molar-refractivity contribution in [2.24, 2.45) is 0 Å². The number of imidazole rings is 1. The Kier molecular flexibility index (Phi) is 3.12. The number of nitrogen functional groups attached to an aromatic ring is 1. The molecule has 1 aliphatic rings. The highest BCUT2D eigenvalue weighted by atomic mass is 15.2. The smallest absolute Gasteiger partial charge is 0.132 e. The van der Waals surface area contributed by atoms with Crippen molar-refractivity contribution in [2.45, 2.75) is 58.9 Å². The third-order valence-electron chi connectivity index (χ3n) is 4.05. The molecule has 21 heavy (non-hydrogen) atoms. The van der Waals surface area contributed by atoms with Gasteiger partial charge in [-0.2, -0.15) is 0 Å². The Balaban J connectivity index is 2.20. The van der Waals surface area contributed by atoms with E-state index in [0.29, 0.717) is 5.92 Å². The number of anilines is 1. The van der Waals surface area contributed by atoms with Gasteiger partial charge in [0.15, 0.2) is 0 Å². The molecule has 2 N–H and O–H groups in total. The summed E-state index contributed by atoms with van der Waals surface area (Å²) in [6.07, 6.45) is 2.47. The van der Waals surface area contributed by atoms with Gasteiger partial charge in [0, 0.05) is 17.0 Å². The molecule has 1 heterocycles. The molecule has 3 heteroatoms. The van der Waals surface area contributed by atoms with Crippen LogP contribution in [-0.4, -0.2) is 9.55 Å². The summed E-state index contributed by atoms with van der Waals surface area (Å²) in [5.74, 6) is 2.55. The van der Waals surface area contributed by atoms with Gasteiger partial charge >= 0.3 is 0 Å². The first-order chi connectivity index (χ1) is 9.77. The van der Waals surface area contributed by atoms with Crippen molar-refractivity contribution >= 4 is 5.82 Å². The second-order valence-electron chi connectivity index (χ2n) is 7.36. The average Bonchev–Trinajstić information content (AvgIpc) is 3.10. The van der Waals surface area contributed by atoms with Crippen molar-refractivity contribution in [1.82, 2.24) is 9.55 Å². The van der Waals surface area contributed by atoms with Crippen molar-refractivity contribution in [3.63, 3.8) is 0 Å². The second kappa shape index (κ2) is 4.62. The Bertz CT molecular complexity index is 665. The number of benzene rings is 1. The Morgan fingerprint density at radius 1 is 1.10 bits per heavy atom. The van der Waals surface area contributed by atoms with E-state index in [2.05, 4.69) is 57.4 Å². The van der Waals surface area contributed by atoms with Gasteiger partial charge < -0.3 is 10.3 Å². The van der Waals surface area contributed by atoms with Crippen LogP contribution >= 0.6 is 0 Å². The van der Waals surface area contributed by atoms with Crippen LogP contribution in [-0.2, 0) is 5.54 Å². The first kappa shape index (κ1) is 14.2. The van der Waals surface area contributed by atoms with Crippen LogP contribution in [0.2, 0.25) is 0 Å². The van der Waals surface area contributed by atoms with Crippen LogP contribution in [0.5, 0.6) is 0 Å². The Morgan fingerprint density at radius 2 is 1.67 bits per heavy atom. The maximum atomic E-state index is 6.49. The molecule has 0 aliphatic heterocycles. The summed E-state index contributed by atoms with van der Waals surface area (Å²) in [5, 5.41) is 0. The van der Waals surface area contributed by atoms with Gasteiger partial charge in [-0.25, -0.2) is 4.98 Å². The molecular formula is C18H25N3. The van der Waals surface area contributed by atoms with Crippen LogP contribution in [0.1, 0.15) is 56.5 Å². The van der Waals surface area contributed by atoms with Crippen LogP contribution in [0.15, 0.2) is 18.2 Å². The van der Waals surface area contributed by atoms with Crippen LogP contribution in [0, 0.1) is 13.8 Å². The van der Waals surface area contributed by atoms with Crippen molar-refractivity contribution in [3.8, 4) is 11.3 Å². The summed E-state index contributed by atoms with van der Waals surface area (Å²) in [6.45, 7) is 10.8. The van der Waals surface area contributed by atoms with Gasteiger partial charge in [0.2, 0.25) is 0 Å². The van der Waals surface area contributed by atoms with Gasteiger partial charge in [0.05, 0.1) is 0 Å². The normalized spacial score (nSPS) is 15.5. The molecule has 3 nitrogen and oxygen atoms in total. The van der Waals surface area contributed by atoms with E-state index in [1.807, 2.05) is 0 Å². The average molecular weight is 283 g/mol. The van der Waals surface area contributed by atoms with Gasteiger partial charge in [-0.15, -0.1) is 0 Å². The van der Waals surface area contributed by atoms with E-state index in [1.54, 1.807) is 0 Å². The molecule has 0 radical (unpaired) electrons. The lowest BCUT2D eigenvalue weighted by Crippen LogP contribution is -2.25. The molecule has 0 unspecified atom stereocenters. The number of aryl methyl sites for hydroxylation is 2. The summed E-state index contributed by atoms with van der Waals surface area (Å²) >= 11 is 0. The minimum absolute atomic E-state index is 0.0356. The highest BCUT2D eigenvalue weighted by molar-refractivity contribution is 5.72. The molecule has 0 bridgehead atoms. The topological polar surface area (TPSA) is 43.8 Å². The van der Waals surface area contributed by atoms with Crippen molar-refractivity contribution in [1.29, 1.82) is 0 Å². The molecule has 1 fully saturated rings. The van der Waals surface area contributed by atoms with Gasteiger partial charge in [-0.05, 0) is 59.6 Å². The highest BCUT2D eigenvalue weighted by Crippen LogP contribution is 2.44. The predicted molar refractivity (Wildman–Crippen MR) is 88.5 cm³/mol. The monoisotopic (exact) mass is 283 g/mol. The first-order valence-electron chi connectivity index (χ1n) is 7.74. The van der Waals surface area contributed by atoms with Gasteiger partial charge in [-0.3, -0.25) is 0 Å². The third kappa shape index (κ3) is 2.57. The summed E-state index contributed by atoms with van der Waals surface area (Å²) in [6, 6.07) is 6.53. The molecule has 0 amide bonds. The summed E-state index contributed by atoms with van der Waals surface area (Å²) in [7, 11) is 0. The summed E-state index contributed by atoms with van der Waals surface area (Å²) in [5.41, 5.74) is 11.0. The minimum Gasteiger partial charge on any atom is -0.383 e. The molecule has 1 saturated carbocycles. The molecule has 1 aliphatic carbocycles. The molecule has 0 atom stereocenters. The lowest BCUT2D eigenvalue weighted by atomic mass is 10.0. The van der Waals surface area contributed by atoms with Gasteiger partial charge in [0.1, 0.15) is 17.3 Å². The fourth-order valence-corrected chi connectivity index (χ4v) is 3.10. The maximum absolute atomic E-state index is 6.49. The van der Waals surface area contributed by atoms with Crippen LogP contribution < -0.4 is 5.73 Å². The molecule has 1 aromatic carbocycles. The molecule has 2 aromatic rings. The van der Waals surface area contributed by atoms with Crippen molar-refractivity contribution in [2.75, 3.05) is 5.73 Å². The van der Waals surface area contributed by atoms with Crippen LogP contribution in [0.25, 0.3) is 11.3 Å². The quantitative estimate of drug-likeness (QED) is 0.888. The second-order valence-corrected chi connectivity index (χ2v) is 7.36.